The highest BCUT2D eigenvalue weighted by Gasteiger charge is 2.40. The molecule has 1 heterocycles. The van der Waals surface area contributed by atoms with E-state index in [0.717, 1.165) is 37.7 Å². The van der Waals surface area contributed by atoms with Gasteiger partial charge in [-0.05, 0) is 31.3 Å². The zero-order chi connectivity index (χ0) is 15.9. The maximum absolute atomic E-state index is 12.4. The molecule has 0 aromatic heterocycles. The summed E-state index contributed by atoms with van der Waals surface area (Å²) in [7, 11) is 0. The van der Waals surface area contributed by atoms with Crippen LogP contribution in [0.1, 0.15) is 44.9 Å². The average Bonchev–Trinajstić information content (AvgIpc) is 3.15. The van der Waals surface area contributed by atoms with Crippen molar-refractivity contribution >= 4 is 11.8 Å². The second-order valence-electron chi connectivity index (χ2n) is 6.02. The van der Waals surface area contributed by atoms with Crippen molar-refractivity contribution in [3.8, 4) is 0 Å². The first-order chi connectivity index (χ1) is 10.7. The number of nitrogens with zero attached hydrogens (tertiary/aromatic N) is 1. The Morgan fingerprint density at radius 3 is 2.64 bits per heavy atom. The molecule has 0 bridgehead atoms. The van der Waals surface area contributed by atoms with Crippen LogP contribution in [-0.4, -0.2) is 35.3 Å². The van der Waals surface area contributed by atoms with E-state index in [-0.39, 0.29) is 23.9 Å². The third-order valence-electron chi connectivity index (χ3n) is 4.58. The molecule has 0 aromatic rings. The first kappa shape index (κ1) is 16.5. The lowest BCUT2D eigenvalue weighted by molar-refractivity contribution is -0.137. The van der Waals surface area contributed by atoms with Gasteiger partial charge in [0.15, 0.2) is 0 Å². The summed E-state index contributed by atoms with van der Waals surface area (Å²) >= 11 is 0. The number of likely N-dealkylation sites (tertiary alicyclic amines) is 1. The first-order valence-corrected chi connectivity index (χ1v) is 8.20. The smallest absolute Gasteiger partial charge is 0.242 e. The van der Waals surface area contributed by atoms with Gasteiger partial charge in [-0.2, -0.15) is 0 Å². The van der Waals surface area contributed by atoms with Crippen molar-refractivity contribution in [2.75, 3.05) is 6.54 Å². The molecule has 0 aromatic carbocycles. The molecular weight excluding hydrogens is 276 g/mol. The molecule has 0 spiro atoms. The van der Waals surface area contributed by atoms with Crippen molar-refractivity contribution in [2.45, 2.75) is 57.0 Å². The van der Waals surface area contributed by atoms with Gasteiger partial charge in [0, 0.05) is 19.0 Å². The molecule has 120 valence electrons. The third kappa shape index (κ3) is 3.87. The average molecular weight is 302 g/mol. The van der Waals surface area contributed by atoms with Crippen LogP contribution in [0.2, 0.25) is 0 Å². The van der Waals surface area contributed by atoms with Crippen molar-refractivity contribution in [1.29, 1.82) is 0 Å². The van der Waals surface area contributed by atoms with Gasteiger partial charge in [0.25, 0.3) is 0 Å². The lowest BCUT2D eigenvalue weighted by Gasteiger charge is -2.30. The van der Waals surface area contributed by atoms with Crippen molar-refractivity contribution in [1.82, 2.24) is 10.2 Å². The van der Waals surface area contributed by atoms with E-state index >= 15 is 0 Å². The van der Waals surface area contributed by atoms with Gasteiger partial charge in [0.2, 0.25) is 11.8 Å². The van der Waals surface area contributed by atoms with Crippen molar-refractivity contribution < 1.29 is 9.59 Å². The fraction of sp³-hybridized carbons (Fsp3) is 0.556. The number of allylic oxidation sites excluding steroid dienone is 3. The van der Waals surface area contributed by atoms with Crippen LogP contribution < -0.4 is 5.32 Å². The minimum atomic E-state index is -0.272. The molecule has 0 radical (unpaired) electrons. The van der Waals surface area contributed by atoms with E-state index in [2.05, 4.69) is 18.5 Å². The Bertz CT molecular complexity index is 475. The number of rotatable bonds is 7. The monoisotopic (exact) mass is 302 g/mol. The molecule has 4 heteroatoms. The molecule has 1 saturated heterocycles. The van der Waals surface area contributed by atoms with Gasteiger partial charge in [0.1, 0.15) is 6.04 Å². The van der Waals surface area contributed by atoms with Crippen LogP contribution in [0.25, 0.3) is 0 Å². The lowest BCUT2D eigenvalue weighted by Crippen LogP contribution is -2.48. The Labute approximate surface area is 132 Å². The predicted molar refractivity (Wildman–Crippen MR) is 88.2 cm³/mol. The number of carbonyl (C=O) groups is 2. The molecule has 4 nitrogen and oxygen atoms in total. The van der Waals surface area contributed by atoms with Crippen LogP contribution in [0.4, 0.5) is 0 Å². The van der Waals surface area contributed by atoms with Crippen molar-refractivity contribution in [2.24, 2.45) is 0 Å². The van der Waals surface area contributed by atoms with Gasteiger partial charge in [-0.1, -0.05) is 44.2 Å². The minimum Gasteiger partial charge on any atom is -0.354 e. The highest BCUT2D eigenvalue weighted by Crippen LogP contribution is 2.30. The van der Waals surface area contributed by atoms with Gasteiger partial charge < -0.3 is 10.2 Å². The Kier molecular flexibility index (Phi) is 5.99. The lowest BCUT2D eigenvalue weighted by atomic mass is 10.1. The van der Waals surface area contributed by atoms with E-state index in [1.54, 1.807) is 12.2 Å². The van der Waals surface area contributed by atoms with Crippen LogP contribution in [0.3, 0.4) is 0 Å². The van der Waals surface area contributed by atoms with Crippen molar-refractivity contribution in [3.05, 3.63) is 37.0 Å². The Morgan fingerprint density at radius 1 is 1.27 bits per heavy atom. The molecule has 1 aliphatic heterocycles. The van der Waals surface area contributed by atoms with Gasteiger partial charge in [0.05, 0.1) is 0 Å². The molecular formula is C18H26N2O2. The Morgan fingerprint density at radius 2 is 2.00 bits per heavy atom. The predicted octanol–water partition coefficient (Wildman–Crippen LogP) is 2.72. The van der Waals surface area contributed by atoms with Gasteiger partial charge in [-0.3, -0.25) is 9.59 Å². The summed E-state index contributed by atoms with van der Waals surface area (Å²) in [4.78, 5) is 26.4. The Balaban J connectivity index is 1.88. The second kappa shape index (κ2) is 7.97. The normalized spacial score (nSPS) is 22.9. The zero-order valence-corrected chi connectivity index (χ0v) is 13.2. The molecule has 2 fully saturated rings. The first-order valence-electron chi connectivity index (χ1n) is 8.20. The number of carbonyl (C=O) groups excluding carboxylic acids is 2. The van der Waals surface area contributed by atoms with E-state index in [1.807, 2.05) is 11.0 Å². The third-order valence-corrected chi connectivity index (χ3v) is 4.58. The summed E-state index contributed by atoms with van der Waals surface area (Å²) in [5.41, 5.74) is 1.05. The zero-order valence-electron chi connectivity index (χ0n) is 13.2. The minimum absolute atomic E-state index is 0.0141. The molecule has 1 aliphatic carbocycles. The molecule has 1 unspecified atom stereocenters. The highest BCUT2D eigenvalue weighted by atomic mass is 16.2. The summed E-state index contributed by atoms with van der Waals surface area (Å²) in [6.07, 6.45) is 11.7. The van der Waals surface area contributed by atoms with E-state index in [4.69, 9.17) is 0 Å². The van der Waals surface area contributed by atoms with Gasteiger partial charge >= 0.3 is 0 Å². The molecule has 1 saturated carbocycles. The van der Waals surface area contributed by atoms with Crippen LogP contribution >= 0.6 is 0 Å². The maximum Gasteiger partial charge on any atom is 0.242 e. The second-order valence-corrected chi connectivity index (χ2v) is 6.02. The molecule has 2 aliphatic rings. The van der Waals surface area contributed by atoms with E-state index in [0.29, 0.717) is 19.4 Å². The molecule has 2 rings (SSSR count). The number of hydrogen-bond donors (Lipinski definition) is 1. The van der Waals surface area contributed by atoms with Crippen LogP contribution in [-0.2, 0) is 9.59 Å². The van der Waals surface area contributed by atoms with Crippen LogP contribution in [0, 0.1) is 0 Å². The largest absolute Gasteiger partial charge is 0.354 e. The standard InChI is InChI=1S/C18H26N2O2/c1-3-7-14(4-2)12-13-19-18(22)16-10-11-17(21)20(16)15-8-5-6-9-15/h3-4,7,15-16H,1-2,5-6,8-13H2,(H,19,22)/b14-7+. The molecule has 22 heavy (non-hydrogen) atoms. The van der Waals surface area contributed by atoms with Crippen molar-refractivity contribution in [3.63, 3.8) is 0 Å². The number of amides is 2. The fourth-order valence-electron chi connectivity index (χ4n) is 3.45. The number of nitrogens with one attached hydrogen (secondary N) is 1. The summed E-state index contributed by atoms with van der Waals surface area (Å²) in [5.74, 6) is 0.130. The maximum atomic E-state index is 12.4. The van der Waals surface area contributed by atoms with E-state index < -0.39 is 0 Å². The van der Waals surface area contributed by atoms with Crippen LogP contribution in [0.5, 0.6) is 0 Å². The van der Waals surface area contributed by atoms with Gasteiger partial charge in [-0.25, -0.2) is 0 Å². The summed E-state index contributed by atoms with van der Waals surface area (Å²) < 4.78 is 0. The number of hydrogen-bond acceptors (Lipinski definition) is 2. The molecule has 1 atom stereocenters. The fourth-order valence-corrected chi connectivity index (χ4v) is 3.45. The topological polar surface area (TPSA) is 49.4 Å². The summed E-state index contributed by atoms with van der Waals surface area (Å²) in [6.45, 7) is 7.97. The van der Waals surface area contributed by atoms with E-state index in [9.17, 15) is 9.59 Å². The summed E-state index contributed by atoms with van der Waals surface area (Å²) in [5, 5.41) is 2.97. The Hall–Kier alpha value is -1.84. The van der Waals surface area contributed by atoms with Crippen LogP contribution in [0.15, 0.2) is 37.0 Å². The molecule has 1 N–H and O–H groups in total. The summed E-state index contributed by atoms with van der Waals surface area (Å²) in [6, 6.07) is 0.00122. The quantitative estimate of drug-likeness (QED) is 0.735. The van der Waals surface area contributed by atoms with E-state index in [1.165, 1.54) is 0 Å². The molecule has 2 amide bonds. The van der Waals surface area contributed by atoms with Gasteiger partial charge in [-0.15, -0.1) is 0 Å². The SMILES string of the molecule is C=C/C=C(\C=C)CCNC(=O)C1CCC(=O)N1C1CCCC1. The highest BCUT2D eigenvalue weighted by molar-refractivity contribution is 5.91.